The minimum absolute atomic E-state index is 0.433. The zero-order valence-corrected chi connectivity index (χ0v) is 16.0. The number of urea groups is 1. The van der Waals surface area contributed by atoms with Crippen molar-refractivity contribution in [3.63, 3.8) is 0 Å². The summed E-state index contributed by atoms with van der Waals surface area (Å²) in [5.74, 6) is 1.63. The van der Waals surface area contributed by atoms with Gasteiger partial charge in [-0.15, -0.1) is 11.3 Å². The number of nitrogens with zero attached hydrogens (tertiary/aromatic N) is 1. The molecule has 0 saturated carbocycles. The highest BCUT2D eigenvalue weighted by atomic mass is 32.1. The second-order valence-electron chi connectivity index (χ2n) is 5.81. The van der Waals surface area contributed by atoms with E-state index in [1.807, 2.05) is 35.7 Å². The fourth-order valence-corrected chi connectivity index (χ4v) is 3.48. The highest BCUT2D eigenvalue weighted by Gasteiger charge is 2.14. The van der Waals surface area contributed by atoms with E-state index in [0.717, 1.165) is 11.0 Å². The summed E-state index contributed by atoms with van der Waals surface area (Å²) >= 11 is 1.31. The van der Waals surface area contributed by atoms with Gasteiger partial charge >= 0.3 is 6.03 Å². The number of amides is 2. The summed E-state index contributed by atoms with van der Waals surface area (Å²) in [7, 11) is 3.05. The SMILES string of the molecule is COc1cccc(NC(=O)Nc2nc(-c3cc4ccccc4o3)cs2)c1OC. The lowest BCUT2D eigenvalue weighted by Crippen LogP contribution is -2.19. The molecule has 0 unspecified atom stereocenters. The highest BCUT2D eigenvalue weighted by molar-refractivity contribution is 7.14. The van der Waals surface area contributed by atoms with Gasteiger partial charge in [0.1, 0.15) is 11.3 Å². The van der Waals surface area contributed by atoms with Crippen LogP contribution in [0.25, 0.3) is 22.4 Å². The molecule has 0 saturated heterocycles. The molecule has 2 amide bonds. The Morgan fingerprint density at radius 2 is 1.93 bits per heavy atom. The number of anilines is 2. The lowest BCUT2D eigenvalue weighted by molar-refractivity contribution is 0.262. The van der Waals surface area contributed by atoms with Crippen molar-refractivity contribution in [3.8, 4) is 23.0 Å². The van der Waals surface area contributed by atoms with Gasteiger partial charge in [0.2, 0.25) is 0 Å². The molecule has 0 aliphatic carbocycles. The summed E-state index contributed by atoms with van der Waals surface area (Å²) in [6, 6.07) is 14.5. The Hall–Kier alpha value is -3.52. The van der Waals surface area contributed by atoms with E-state index in [2.05, 4.69) is 15.6 Å². The Morgan fingerprint density at radius 3 is 2.71 bits per heavy atom. The molecule has 2 N–H and O–H groups in total. The monoisotopic (exact) mass is 395 g/mol. The number of rotatable bonds is 5. The van der Waals surface area contributed by atoms with Gasteiger partial charge < -0.3 is 19.2 Å². The Labute approximate surface area is 164 Å². The average Bonchev–Trinajstić information content (AvgIpc) is 3.34. The van der Waals surface area contributed by atoms with Crippen molar-refractivity contribution < 1.29 is 18.7 Å². The molecule has 2 aromatic carbocycles. The van der Waals surface area contributed by atoms with Crippen LogP contribution >= 0.6 is 11.3 Å². The van der Waals surface area contributed by atoms with Gasteiger partial charge in [-0.2, -0.15) is 0 Å². The molecule has 0 aliphatic rings. The molecule has 7 nitrogen and oxygen atoms in total. The third kappa shape index (κ3) is 3.49. The van der Waals surface area contributed by atoms with E-state index >= 15 is 0 Å². The molecule has 0 fully saturated rings. The number of thiazole rings is 1. The highest BCUT2D eigenvalue weighted by Crippen LogP contribution is 2.35. The van der Waals surface area contributed by atoms with Crippen LogP contribution in [0.1, 0.15) is 0 Å². The Morgan fingerprint density at radius 1 is 1.07 bits per heavy atom. The van der Waals surface area contributed by atoms with Gasteiger partial charge in [0, 0.05) is 10.8 Å². The number of para-hydroxylation sites is 2. The van der Waals surface area contributed by atoms with Crippen molar-refractivity contribution in [2.45, 2.75) is 0 Å². The van der Waals surface area contributed by atoms with E-state index in [9.17, 15) is 4.79 Å². The van der Waals surface area contributed by atoms with E-state index in [0.29, 0.717) is 33.8 Å². The van der Waals surface area contributed by atoms with Crippen molar-refractivity contribution in [3.05, 3.63) is 53.9 Å². The Kier molecular flexibility index (Phi) is 4.86. The average molecular weight is 395 g/mol. The van der Waals surface area contributed by atoms with Crippen LogP contribution in [0.4, 0.5) is 15.6 Å². The first-order valence-corrected chi connectivity index (χ1v) is 9.29. The van der Waals surface area contributed by atoms with Crippen LogP contribution in [0.15, 0.2) is 58.3 Å². The fourth-order valence-electron chi connectivity index (χ4n) is 2.79. The molecular weight excluding hydrogens is 378 g/mol. The topological polar surface area (TPSA) is 85.6 Å². The molecule has 0 radical (unpaired) electrons. The number of benzene rings is 2. The number of carbonyl (C=O) groups excluding carboxylic acids is 1. The van der Waals surface area contributed by atoms with E-state index in [1.165, 1.54) is 25.6 Å². The van der Waals surface area contributed by atoms with Crippen LogP contribution in [0, 0.1) is 0 Å². The minimum atomic E-state index is -0.433. The van der Waals surface area contributed by atoms with Gasteiger partial charge in [-0.1, -0.05) is 24.3 Å². The van der Waals surface area contributed by atoms with E-state index in [-0.39, 0.29) is 0 Å². The summed E-state index contributed by atoms with van der Waals surface area (Å²) in [5, 5.41) is 8.75. The van der Waals surface area contributed by atoms with Crippen molar-refractivity contribution in [2.75, 3.05) is 24.9 Å². The largest absolute Gasteiger partial charge is 0.493 e. The number of hydrogen-bond donors (Lipinski definition) is 2. The maximum Gasteiger partial charge on any atom is 0.325 e. The standard InChI is InChI=1S/C20H17N3O4S/c1-25-16-9-5-7-13(18(16)26-2)21-19(24)23-20-22-14(11-28-20)17-10-12-6-3-4-8-15(12)27-17/h3-11H,1-2H3,(H2,21,22,23,24). The minimum Gasteiger partial charge on any atom is -0.493 e. The molecule has 0 spiro atoms. The van der Waals surface area contributed by atoms with E-state index in [4.69, 9.17) is 13.9 Å². The molecule has 2 heterocycles. The smallest absolute Gasteiger partial charge is 0.325 e. The number of carbonyl (C=O) groups is 1. The summed E-state index contributed by atoms with van der Waals surface area (Å²) < 4.78 is 16.4. The summed E-state index contributed by atoms with van der Waals surface area (Å²) in [4.78, 5) is 16.8. The first kappa shape index (κ1) is 17.9. The van der Waals surface area contributed by atoms with Crippen LogP contribution < -0.4 is 20.1 Å². The van der Waals surface area contributed by atoms with Crippen molar-refractivity contribution in [1.82, 2.24) is 4.98 Å². The predicted molar refractivity (Wildman–Crippen MR) is 110 cm³/mol. The summed E-state index contributed by atoms with van der Waals surface area (Å²) in [6.45, 7) is 0. The van der Waals surface area contributed by atoms with Gasteiger partial charge in [0.15, 0.2) is 22.4 Å². The number of furan rings is 1. The second-order valence-corrected chi connectivity index (χ2v) is 6.66. The summed E-state index contributed by atoms with van der Waals surface area (Å²) in [5.41, 5.74) is 1.95. The third-order valence-corrected chi connectivity index (χ3v) is 4.81. The zero-order chi connectivity index (χ0) is 19.5. The van der Waals surface area contributed by atoms with Gasteiger partial charge in [-0.25, -0.2) is 9.78 Å². The molecule has 0 atom stereocenters. The molecule has 0 bridgehead atoms. The predicted octanol–water partition coefficient (Wildman–Crippen LogP) is 5.22. The van der Waals surface area contributed by atoms with Crippen molar-refractivity contribution in [2.24, 2.45) is 0 Å². The van der Waals surface area contributed by atoms with E-state index < -0.39 is 6.03 Å². The first-order chi connectivity index (χ1) is 13.7. The van der Waals surface area contributed by atoms with Gasteiger partial charge in [0.25, 0.3) is 0 Å². The number of ether oxygens (including phenoxy) is 2. The lowest BCUT2D eigenvalue weighted by atomic mass is 10.2. The molecule has 28 heavy (non-hydrogen) atoms. The fraction of sp³-hybridized carbons (Fsp3) is 0.100. The van der Waals surface area contributed by atoms with Gasteiger partial charge in [0.05, 0.1) is 19.9 Å². The summed E-state index contributed by atoms with van der Waals surface area (Å²) in [6.07, 6.45) is 0. The molecular formula is C20H17N3O4S. The Bertz CT molecular complexity index is 1100. The second kappa shape index (κ2) is 7.61. The molecule has 142 valence electrons. The van der Waals surface area contributed by atoms with Crippen LogP contribution in [0.2, 0.25) is 0 Å². The first-order valence-electron chi connectivity index (χ1n) is 8.41. The lowest BCUT2D eigenvalue weighted by Gasteiger charge is -2.13. The third-order valence-electron chi connectivity index (χ3n) is 4.05. The maximum absolute atomic E-state index is 12.4. The normalized spacial score (nSPS) is 10.6. The van der Waals surface area contributed by atoms with Crippen LogP contribution in [0.3, 0.4) is 0 Å². The van der Waals surface area contributed by atoms with Crippen molar-refractivity contribution >= 4 is 39.2 Å². The number of fused-ring (bicyclic) bond motifs is 1. The molecule has 0 aliphatic heterocycles. The maximum atomic E-state index is 12.4. The molecule has 2 aromatic heterocycles. The number of hydrogen-bond acceptors (Lipinski definition) is 6. The zero-order valence-electron chi connectivity index (χ0n) is 15.2. The number of methoxy groups -OCH3 is 2. The van der Waals surface area contributed by atoms with Crippen molar-refractivity contribution in [1.29, 1.82) is 0 Å². The number of nitrogens with one attached hydrogen (secondary N) is 2. The van der Waals surface area contributed by atoms with E-state index in [1.54, 1.807) is 18.2 Å². The molecule has 4 aromatic rings. The van der Waals surface area contributed by atoms with Gasteiger partial charge in [-0.05, 0) is 24.3 Å². The number of aromatic nitrogens is 1. The van der Waals surface area contributed by atoms with Crippen LogP contribution in [0.5, 0.6) is 11.5 Å². The van der Waals surface area contributed by atoms with Crippen LogP contribution in [-0.2, 0) is 0 Å². The molecule has 8 heteroatoms. The van der Waals surface area contributed by atoms with Crippen LogP contribution in [-0.4, -0.2) is 25.2 Å². The van der Waals surface area contributed by atoms with Gasteiger partial charge in [-0.3, -0.25) is 5.32 Å². The Balaban J connectivity index is 1.49. The quantitative estimate of drug-likeness (QED) is 0.484. The molecule has 4 rings (SSSR count).